The number of benzene rings is 1. The summed E-state index contributed by atoms with van der Waals surface area (Å²) in [4.78, 5) is 20.3. The number of nitrogens with zero attached hydrogens (tertiary/aromatic N) is 3. The normalized spacial score (nSPS) is 10.4. The second-order valence-corrected chi connectivity index (χ2v) is 5.33. The van der Waals surface area contributed by atoms with Gasteiger partial charge >= 0.3 is 0 Å². The quantitative estimate of drug-likeness (QED) is 0.752. The third kappa shape index (κ3) is 3.75. The van der Waals surface area contributed by atoms with Crippen molar-refractivity contribution in [3.05, 3.63) is 53.7 Å². The van der Waals surface area contributed by atoms with E-state index in [9.17, 15) is 4.79 Å². The minimum atomic E-state index is -0.331. The van der Waals surface area contributed by atoms with Crippen molar-refractivity contribution >= 4 is 11.9 Å². The first-order valence-electron chi connectivity index (χ1n) is 7.45. The third-order valence-corrected chi connectivity index (χ3v) is 3.35. The number of H-pyrrole nitrogens is 1. The van der Waals surface area contributed by atoms with Crippen LogP contribution < -0.4 is 10.1 Å². The second-order valence-electron chi connectivity index (χ2n) is 5.33. The van der Waals surface area contributed by atoms with Gasteiger partial charge in [-0.1, -0.05) is 18.2 Å². The van der Waals surface area contributed by atoms with E-state index in [1.165, 1.54) is 0 Å². The minimum absolute atomic E-state index is 0.113. The molecule has 0 aliphatic rings. The lowest BCUT2D eigenvalue weighted by Crippen LogP contribution is -2.21. The predicted molar refractivity (Wildman–Crippen MR) is 89.7 cm³/mol. The lowest BCUT2D eigenvalue weighted by molar-refractivity contribution is -0.118. The lowest BCUT2D eigenvalue weighted by atomic mass is 10.1. The van der Waals surface area contributed by atoms with Gasteiger partial charge in [0.2, 0.25) is 5.95 Å². The molecule has 0 bridgehead atoms. The number of carbonyl (C=O) groups excluding carboxylic acids is 1. The molecule has 3 aromatic rings. The molecule has 3 rings (SSSR count). The molecule has 0 atom stereocenters. The van der Waals surface area contributed by atoms with Crippen LogP contribution in [0.3, 0.4) is 0 Å². The number of ether oxygens (including phenoxy) is 1. The highest BCUT2D eigenvalue weighted by atomic mass is 16.5. The van der Waals surface area contributed by atoms with Crippen LogP contribution in [0.2, 0.25) is 0 Å². The van der Waals surface area contributed by atoms with Crippen molar-refractivity contribution in [3.63, 3.8) is 0 Å². The first kappa shape index (κ1) is 15.7. The molecule has 0 radical (unpaired) electrons. The van der Waals surface area contributed by atoms with E-state index in [2.05, 4.69) is 25.5 Å². The van der Waals surface area contributed by atoms with Crippen LogP contribution >= 0.6 is 0 Å². The largest absolute Gasteiger partial charge is 0.483 e. The van der Waals surface area contributed by atoms with Crippen LogP contribution in [-0.4, -0.2) is 32.7 Å². The van der Waals surface area contributed by atoms with E-state index in [0.717, 1.165) is 11.1 Å². The standard InChI is InChI=1S/C17H17N5O2/c1-11-6-7-12(2)14(9-11)24-10-15(23)19-17-20-16(21-22-17)13-5-3-4-8-18-13/h3-9H,10H2,1-2H3,(H2,19,20,21,22,23). The molecule has 24 heavy (non-hydrogen) atoms. The van der Waals surface area contributed by atoms with Crippen LogP contribution in [0.15, 0.2) is 42.6 Å². The summed E-state index contributed by atoms with van der Waals surface area (Å²) in [6, 6.07) is 11.3. The summed E-state index contributed by atoms with van der Waals surface area (Å²) in [7, 11) is 0. The summed E-state index contributed by atoms with van der Waals surface area (Å²) in [5.74, 6) is 1.03. The number of carbonyl (C=O) groups is 1. The molecule has 7 heteroatoms. The van der Waals surface area contributed by atoms with E-state index in [-0.39, 0.29) is 18.5 Å². The molecule has 2 N–H and O–H groups in total. The van der Waals surface area contributed by atoms with Gasteiger partial charge in [0, 0.05) is 6.20 Å². The van der Waals surface area contributed by atoms with Gasteiger partial charge in [0.15, 0.2) is 12.4 Å². The fourth-order valence-electron chi connectivity index (χ4n) is 2.10. The summed E-state index contributed by atoms with van der Waals surface area (Å²) in [6.07, 6.45) is 1.66. The van der Waals surface area contributed by atoms with E-state index in [1.807, 2.05) is 44.2 Å². The monoisotopic (exact) mass is 323 g/mol. The van der Waals surface area contributed by atoms with Gasteiger partial charge in [0.25, 0.3) is 5.91 Å². The molecule has 1 aromatic carbocycles. The summed E-state index contributed by atoms with van der Waals surface area (Å²) < 4.78 is 5.55. The Balaban J connectivity index is 1.59. The van der Waals surface area contributed by atoms with Crippen molar-refractivity contribution in [2.45, 2.75) is 13.8 Å². The number of anilines is 1. The van der Waals surface area contributed by atoms with Crippen molar-refractivity contribution in [1.29, 1.82) is 0 Å². The Bertz CT molecular complexity index is 845. The zero-order valence-electron chi connectivity index (χ0n) is 13.4. The summed E-state index contributed by atoms with van der Waals surface area (Å²) in [6.45, 7) is 3.79. The van der Waals surface area contributed by atoms with Gasteiger partial charge in [-0.25, -0.2) is 0 Å². The molecule has 122 valence electrons. The molecule has 0 aliphatic heterocycles. The number of rotatable bonds is 5. The minimum Gasteiger partial charge on any atom is -0.483 e. The van der Waals surface area contributed by atoms with E-state index >= 15 is 0 Å². The lowest BCUT2D eigenvalue weighted by Gasteiger charge is -2.09. The Kier molecular flexibility index (Phi) is 4.51. The van der Waals surface area contributed by atoms with Gasteiger partial charge in [-0.2, -0.15) is 4.98 Å². The predicted octanol–water partition coefficient (Wildman–Crippen LogP) is 2.50. The molecule has 2 aromatic heterocycles. The second kappa shape index (κ2) is 6.91. The van der Waals surface area contributed by atoms with Crippen molar-refractivity contribution < 1.29 is 9.53 Å². The number of pyridine rings is 1. The Morgan fingerprint density at radius 1 is 1.25 bits per heavy atom. The van der Waals surface area contributed by atoms with E-state index in [4.69, 9.17) is 4.74 Å². The average Bonchev–Trinajstić information content (AvgIpc) is 3.05. The zero-order chi connectivity index (χ0) is 16.9. The molecule has 1 amide bonds. The topological polar surface area (TPSA) is 92.8 Å². The van der Waals surface area contributed by atoms with Gasteiger partial charge in [0.05, 0.1) is 0 Å². The van der Waals surface area contributed by atoms with Crippen LogP contribution in [-0.2, 0) is 4.79 Å². The molecule has 0 saturated carbocycles. The Labute approximate surface area is 139 Å². The molecule has 0 unspecified atom stereocenters. The van der Waals surface area contributed by atoms with Crippen LogP contribution in [0, 0.1) is 13.8 Å². The SMILES string of the molecule is Cc1ccc(C)c(OCC(=O)Nc2n[nH]c(-c3ccccn3)n2)c1. The van der Waals surface area contributed by atoms with Gasteiger partial charge in [-0.3, -0.25) is 20.2 Å². The van der Waals surface area contributed by atoms with Gasteiger partial charge < -0.3 is 4.74 Å². The summed E-state index contributed by atoms with van der Waals surface area (Å²) in [5.41, 5.74) is 2.70. The van der Waals surface area contributed by atoms with E-state index in [0.29, 0.717) is 17.3 Å². The van der Waals surface area contributed by atoms with Gasteiger partial charge in [0.1, 0.15) is 11.4 Å². The maximum absolute atomic E-state index is 12.0. The molecule has 0 spiro atoms. The molecule has 0 aliphatic carbocycles. The Morgan fingerprint density at radius 2 is 2.12 bits per heavy atom. The summed E-state index contributed by atoms with van der Waals surface area (Å²) >= 11 is 0. The third-order valence-electron chi connectivity index (χ3n) is 3.35. The molecular formula is C17H17N5O2. The first-order chi connectivity index (χ1) is 11.6. The highest BCUT2D eigenvalue weighted by Gasteiger charge is 2.10. The maximum Gasteiger partial charge on any atom is 0.264 e. The molecule has 2 heterocycles. The zero-order valence-corrected chi connectivity index (χ0v) is 13.4. The number of amides is 1. The number of hydrogen-bond acceptors (Lipinski definition) is 5. The number of aromatic amines is 1. The molecule has 0 saturated heterocycles. The highest BCUT2D eigenvalue weighted by Crippen LogP contribution is 2.19. The average molecular weight is 323 g/mol. The first-order valence-corrected chi connectivity index (χ1v) is 7.45. The molecule has 7 nitrogen and oxygen atoms in total. The number of aryl methyl sites for hydroxylation is 2. The van der Waals surface area contributed by atoms with Crippen LogP contribution in [0.1, 0.15) is 11.1 Å². The van der Waals surface area contributed by atoms with Crippen molar-refractivity contribution in [1.82, 2.24) is 20.2 Å². The van der Waals surface area contributed by atoms with Crippen molar-refractivity contribution in [2.24, 2.45) is 0 Å². The number of aromatic nitrogens is 4. The van der Waals surface area contributed by atoms with E-state index in [1.54, 1.807) is 12.3 Å². The van der Waals surface area contributed by atoms with E-state index < -0.39 is 0 Å². The van der Waals surface area contributed by atoms with Crippen molar-refractivity contribution in [3.8, 4) is 17.3 Å². The number of nitrogens with one attached hydrogen (secondary N) is 2. The number of hydrogen-bond donors (Lipinski definition) is 2. The fraction of sp³-hybridized carbons (Fsp3) is 0.176. The Morgan fingerprint density at radius 3 is 2.92 bits per heavy atom. The summed E-state index contributed by atoms with van der Waals surface area (Å²) in [5, 5.41) is 9.29. The Hall–Kier alpha value is -3.22. The van der Waals surface area contributed by atoms with Gasteiger partial charge in [-0.05, 0) is 43.2 Å². The molecule has 0 fully saturated rings. The van der Waals surface area contributed by atoms with Crippen LogP contribution in [0.4, 0.5) is 5.95 Å². The highest BCUT2D eigenvalue weighted by molar-refractivity contribution is 5.90. The van der Waals surface area contributed by atoms with Gasteiger partial charge in [-0.15, -0.1) is 5.10 Å². The molecular weight excluding hydrogens is 306 g/mol. The van der Waals surface area contributed by atoms with Crippen LogP contribution in [0.5, 0.6) is 5.75 Å². The van der Waals surface area contributed by atoms with Crippen LogP contribution in [0.25, 0.3) is 11.5 Å². The maximum atomic E-state index is 12.0. The fourth-order valence-corrected chi connectivity index (χ4v) is 2.10. The van der Waals surface area contributed by atoms with Crippen molar-refractivity contribution in [2.75, 3.05) is 11.9 Å². The smallest absolute Gasteiger partial charge is 0.264 e.